The second-order valence-electron chi connectivity index (χ2n) is 9.77. The number of carboxylic acid groups (broad SMARTS) is 1. The van der Waals surface area contributed by atoms with Gasteiger partial charge in [0.15, 0.2) is 9.84 Å². The van der Waals surface area contributed by atoms with Crippen molar-refractivity contribution in [1.29, 1.82) is 0 Å². The van der Waals surface area contributed by atoms with Crippen LogP contribution in [0.5, 0.6) is 0 Å². The van der Waals surface area contributed by atoms with Gasteiger partial charge in [0.25, 0.3) is 0 Å². The fourth-order valence-electron chi connectivity index (χ4n) is 5.17. The number of rotatable bonds is 11. The molecule has 2 aromatic carbocycles. The largest absolute Gasteiger partial charge is 0.480 e. The van der Waals surface area contributed by atoms with Gasteiger partial charge in [-0.25, -0.2) is 8.42 Å². The molecule has 0 spiro atoms. The molecule has 0 aromatic heterocycles. The van der Waals surface area contributed by atoms with Crippen LogP contribution in [-0.2, 0) is 25.8 Å². The van der Waals surface area contributed by atoms with Crippen molar-refractivity contribution >= 4 is 15.8 Å². The minimum absolute atomic E-state index is 0.0496. The van der Waals surface area contributed by atoms with Crippen LogP contribution in [0.3, 0.4) is 0 Å². The summed E-state index contributed by atoms with van der Waals surface area (Å²) < 4.78 is 32.2. The van der Waals surface area contributed by atoms with Crippen LogP contribution in [0.1, 0.15) is 29.9 Å². The number of ether oxygens (including phenoxy) is 1. The zero-order valence-electron chi connectivity index (χ0n) is 21.2. The van der Waals surface area contributed by atoms with Crippen LogP contribution in [0.4, 0.5) is 0 Å². The Kier molecular flexibility index (Phi) is 8.97. The molecule has 1 atom stereocenters. The fourth-order valence-corrected chi connectivity index (χ4v) is 6.62. The van der Waals surface area contributed by atoms with Crippen molar-refractivity contribution in [2.24, 2.45) is 5.92 Å². The van der Waals surface area contributed by atoms with E-state index in [4.69, 9.17) is 4.74 Å². The van der Waals surface area contributed by atoms with Gasteiger partial charge in [-0.05, 0) is 61.5 Å². The van der Waals surface area contributed by atoms with E-state index in [1.165, 1.54) is 12.7 Å². The first-order valence-electron chi connectivity index (χ1n) is 12.8. The van der Waals surface area contributed by atoms with Gasteiger partial charge in [0.2, 0.25) is 4.93 Å². The summed E-state index contributed by atoms with van der Waals surface area (Å²) in [5.41, 5.74) is 2.34. The van der Waals surface area contributed by atoms with Gasteiger partial charge in [0.1, 0.15) is 11.9 Å². The van der Waals surface area contributed by atoms with Crippen molar-refractivity contribution in [3.63, 3.8) is 0 Å². The highest BCUT2D eigenvalue weighted by Crippen LogP contribution is 2.32. The van der Waals surface area contributed by atoms with Gasteiger partial charge >= 0.3 is 5.97 Å². The number of carbonyl (C=O) groups is 1. The van der Waals surface area contributed by atoms with E-state index >= 15 is 0 Å². The molecular formula is C29H36N2O5S. The van der Waals surface area contributed by atoms with E-state index in [1.54, 1.807) is 12.2 Å². The number of hydrogen-bond donors (Lipinski definition) is 2. The second kappa shape index (κ2) is 12.2. The van der Waals surface area contributed by atoms with Crippen LogP contribution >= 0.6 is 0 Å². The Bertz CT molecular complexity index is 1180. The Morgan fingerprint density at radius 1 is 1.05 bits per heavy atom. The van der Waals surface area contributed by atoms with Crippen LogP contribution in [0.2, 0.25) is 0 Å². The molecule has 2 aromatic rings. The molecule has 0 amide bonds. The summed E-state index contributed by atoms with van der Waals surface area (Å²) in [6.07, 6.45) is 9.10. The molecule has 1 unspecified atom stereocenters. The highest BCUT2D eigenvalue weighted by Gasteiger charge is 2.42. The van der Waals surface area contributed by atoms with Gasteiger partial charge in [-0.2, -0.15) is 0 Å². The zero-order chi connectivity index (χ0) is 26.3. The molecule has 0 bridgehead atoms. The Balaban J connectivity index is 1.34. The lowest BCUT2D eigenvalue weighted by atomic mass is 9.89. The molecule has 1 aliphatic heterocycles. The molecule has 1 fully saturated rings. The summed E-state index contributed by atoms with van der Waals surface area (Å²) in [7, 11) is -2.54. The first kappa shape index (κ1) is 27.3. The summed E-state index contributed by atoms with van der Waals surface area (Å²) in [6.45, 7) is 2.52. The summed E-state index contributed by atoms with van der Waals surface area (Å²) in [5.74, 6) is -1.70. The predicted octanol–water partition coefficient (Wildman–Crippen LogP) is 3.61. The van der Waals surface area contributed by atoms with Crippen molar-refractivity contribution in [3.05, 3.63) is 96.1 Å². The van der Waals surface area contributed by atoms with Crippen LogP contribution in [0, 0.1) is 5.92 Å². The van der Waals surface area contributed by atoms with E-state index in [2.05, 4.69) is 22.3 Å². The number of hydrogen-bond acceptors (Lipinski definition) is 6. The Hall–Kier alpha value is -2.78. The highest BCUT2D eigenvalue weighted by atomic mass is 32.2. The molecular weight excluding hydrogens is 488 g/mol. The lowest BCUT2D eigenvalue weighted by Crippen LogP contribution is -2.51. The number of sulfone groups is 1. The maximum Gasteiger partial charge on any atom is 0.321 e. The molecule has 1 saturated heterocycles. The molecule has 2 aliphatic rings. The van der Waals surface area contributed by atoms with Gasteiger partial charge in [-0.15, -0.1) is 0 Å². The standard InChI is InChI=1S/C29H36N2O5S/c1-36-29(17-12-25(13-18-29)24-10-6-3-7-11-24)37(34,35)22-30-27(28(32)33)26-15-20-31(21-16-26)19-14-23-8-4-2-5-9-23/h2-13,17-18,25-27,30H,14-16,19-22H2,1H3,(H,32,33). The maximum absolute atomic E-state index is 13.4. The first-order valence-corrected chi connectivity index (χ1v) is 14.4. The molecule has 1 heterocycles. The lowest BCUT2D eigenvalue weighted by molar-refractivity contribution is -0.141. The van der Waals surface area contributed by atoms with Gasteiger partial charge in [-0.1, -0.05) is 72.8 Å². The van der Waals surface area contributed by atoms with Crippen LogP contribution in [0.15, 0.2) is 85.0 Å². The molecule has 7 nitrogen and oxygen atoms in total. The smallest absolute Gasteiger partial charge is 0.321 e. The van der Waals surface area contributed by atoms with Crippen LogP contribution in [-0.4, -0.2) is 68.0 Å². The van der Waals surface area contributed by atoms with E-state index in [1.807, 2.05) is 60.7 Å². The number of methoxy groups -OCH3 is 1. The summed E-state index contributed by atoms with van der Waals surface area (Å²) >= 11 is 0. The molecule has 2 N–H and O–H groups in total. The number of allylic oxidation sites excluding steroid dienone is 2. The van der Waals surface area contributed by atoms with Gasteiger partial charge in [0.05, 0.1) is 0 Å². The van der Waals surface area contributed by atoms with Gasteiger partial charge in [0, 0.05) is 19.6 Å². The quantitative estimate of drug-likeness (QED) is 0.434. The average Bonchev–Trinajstić information content (AvgIpc) is 2.93. The number of benzene rings is 2. The number of nitrogens with one attached hydrogen (secondary N) is 1. The SMILES string of the molecule is COC1(S(=O)(=O)CNC(C(=O)O)C2CCN(CCc3ccccc3)CC2)C=CC(c2ccccc2)C=C1. The first-order chi connectivity index (χ1) is 17.8. The molecule has 0 saturated carbocycles. The minimum Gasteiger partial charge on any atom is -0.480 e. The van der Waals surface area contributed by atoms with Crippen LogP contribution < -0.4 is 5.32 Å². The molecule has 0 radical (unpaired) electrons. The Morgan fingerprint density at radius 3 is 2.22 bits per heavy atom. The molecule has 4 rings (SSSR count). The molecule has 8 heteroatoms. The second-order valence-corrected chi connectivity index (χ2v) is 11.9. The molecule has 1 aliphatic carbocycles. The van der Waals surface area contributed by atoms with E-state index in [0.717, 1.165) is 31.6 Å². The van der Waals surface area contributed by atoms with Crippen molar-refractivity contribution in [2.75, 3.05) is 32.6 Å². The third-order valence-corrected chi connectivity index (χ3v) is 9.44. The topological polar surface area (TPSA) is 95.9 Å². The fraction of sp³-hybridized carbons (Fsp3) is 0.414. The average molecular weight is 525 g/mol. The summed E-state index contributed by atoms with van der Waals surface area (Å²) in [5, 5.41) is 12.8. The lowest BCUT2D eigenvalue weighted by Gasteiger charge is -2.35. The van der Waals surface area contributed by atoms with E-state index < -0.39 is 32.7 Å². The number of likely N-dealkylation sites (tertiary alicyclic amines) is 1. The normalized spacial score (nSPS) is 23.6. The van der Waals surface area contributed by atoms with Crippen LogP contribution in [0.25, 0.3) is 0 Å². The molecule has 37 heavy (non-hydrogen) atoms. The number of piperidine rings is 1. The van der Waals surface area contributed by atoms with Crippen molar-refractivity contribution in [2.45, 2.75) is 36.2 Å². The summed E-state index contributed by atoms with van der Waals surface area (Å²) in [4.78, 5) is 12.8. The minimum atomic E-state index is -3.90. The number of aliphatic carboxylic acids is 1. The number of carboxylic acids is 1. The summed E-state index contributed by atoms with van der Waals surface area (Å²) in [6, 6.07) is 19.2. The monoisotopic (exact) mass is 524 g/mol. The maximum atomic E-state index is 13.4. The van der Waals surface area contributed by atoms with Crippen molar-refractivity contribution in [3.8, 4) is 0 Å². The predicted molar refractivity (Wildman–Crippen MR) is 145 cm³/mol. The van der Waals surface area contributed by atoms with E-state index in [9.17, 15) is 18.3 Å². The zero-order valence-corrected chi connectivity index (χ0v) is 22.0. The van der Waals surface area contributed by atoms with Gasteiger partial charge < -0.3 is 14.7 Å². The number of nitrogens with zero attached hydrogens (tertiary/aromatic N) is 1. The third kappa shape index (κ3) is 6.57. The highest BCUT2D eigenvalue weighted by molar-refractivity contribution is 7.92. The van der Waals surface area contributed by atoms with E-state index in [-0.39, 0.29) is 11.8 Å². The van der Waals surface area contributed by atoms with E-state index in [0.29, 0.717) is 12.8 Å². The van der Waals surface area contributed by atoms with Crippen molar-refractivity contribution in [1.82, 2.24) is 10.2 Å². The Morgan fingerprint density at radius 2 is 1.65 bits per heavy atom. The molecule has 198 valence electrons. The third-order valence-electron chi connectivity index (χ3n) is 7.48. The Labute approximate surface area is 219 Å². The van der Waals surface area contributed by atoms with Crippen molar-refractivity contribution < 1.29 is 23.1 Å². The van der Waals surface area contributed by atoms with Gasteiger partial charge in [-0.3, -0.25) is 10.1 Å².